The van der Waals surface area contributed by atoms with E-state index in [0.717, 1.165) is 16.9 Å². The van der Waals surface area contributed by atoms with E-state index in [-0.39, 0.29) is 5.91 Å². The monoisotopic (exact) mass is 332 g/mol. The molecule has 122 valence electrons. The first-order valence-electron chi connectivity index (χ1n) is 7.26. The van der Waals surface area contributed by atoms with Gasteiger partial charge in [0.05, 0.1) is 18.9 Å². The molecule has 1 heterocycles. The summed E-state index contributed by atoms with van der Waals surface area (Å²) in [5.74, 6) is 0.588. The van der Waals surface area contributed by atoms with E-state index in [1.54, 1.807) is 0 Å². The largest absolute Gasteiger partial charge is 0.494 e. The molecule has 23 heavy (non-hydrogen) atoms. The Balaban J connectivity index is 2.35. The number of rotatable bonds is 6. The molecule has 0 atom stereocenters. The fourth-order valence-electron chi connectivity index (χ4n) is 2.06. The van der Waals surface area contributed by atoms with Crippen molar-refractivity contribution in [3.8, 4) is 5.75 Å². The van der Waals surface area contributed by atoms with Crippen LogP contribution in [0.15, 0.2) is 34.9 Å². The number of hydrogen-bond donors (Lipinski definition) is 2. The molecule has 6 nitrogen and oxygen atoms in total. The van der Waals surface area contributed by atoms with Crippen LogP contribution in [0.4, 0.5) is 0 Å². The Morgan fingerprint density at radius 1 is 1.43 bits per heavy atom. The Bertz CT molecular complexity index is 776. The summed E-state index contributed by atoms with van der Waals surface area (Å²) in [6, 6.07) is 5.79. The van der Waals surface area contributed by atoms with Gasteiger partial charge in [0, 0.05) is 24.1 Å². The fraction of sp³-hybridized carbons (Fsp3) is 0.312. The van der Waals surface area contributed by atoms with Crippen LogP contribution >= 0.6 is 11.3 Å². The number of nitrogens with one attached hydrogen (secondary N) is 2. The molecule has 1 aromatic heterocycles. The molecular formula is C16H20N4O2S. The minimum absolute atomic E-state index is 0.205. The summed E-state index contributed by atoms with van der Waals surface area (Å²) in [5, 5.41) is 13.8. The Labute approximate surface area is 138 Å². The van der Waals surface area contributed by atoms with Gasteiger partial charge in [-0.1, -0.05) is 0 Å². The maximum absolute atomic E-state index is 11.0. The van der Waals surface area contributed by atoms with Crippen LogP contribution in [0.25, 0.3) is 0 Å². The Kier molecular flexibility index (Phi) is 5.70. The molecule has 0 fully saturated rings. The van der Waals surface area contributed by atoms with Crippen molar-refractivity contribution < 1.29 is 9.53 Å². The summed E-state index contributed by atoms with van der Waals surface area (Å²) < 4.78 is 7.53. The summed E-state index contributed by atoms with van der Waals surface area (Å²) in [6.45, 7) is 6.33. The first-order chi connectivity index (χ1) is 11.0. The number of benzene rings is 1. The number of hydrazone groups is 1. The molecule has 0 bridgehead atoms. The van der Waals surface area contributed by atoms with E-state index in [4.69, 9.17) is 10.1 Å². The van der Waals surface area contributed by atoms with E-state index >= 15 is 0 Å². The minimum atomic E-state index is -0.205. The summed E-state index contributed by atoms with van der Waals surface area (Å²) >= 11 is 1.38. The molecule has 0 aliphatic heterocycles. The molecule has 2 aromatic rings. The van der Waals surface area contributed by atoms with Crippen molar-refractivity contribution >= 4 is 23.0 Å². The first kappa shape index (κ1) is 17.0. The van der Waals surface area contributed by atoms with Crippen molar-refractivity contribution in [1.29, 1.82) is 5.41 Å². The fourth-order valence-corrected chi connectivity index (χ4v) is 2.66. The van der Waals surface area contributed by atoms with Crippen LogP contribution in [-0.2, 0) is 11.3 Å². The zero-order valence-corrected chi connectivity index (χ0v) is 14.2. The Hall–Kier alpha value is -2.41. The van der Waals surface area contributed by atoms with E-state index in [1.807, 2.05) is 48.2 Å². The lowest BCUT2D eigenvalue weighted by Gasteiger charge is -2.13. The topological polar surface area (TPSA) is 79.5 Å². The molecule has 2 rings (SSSR count). The number of thiazole rings is 1. The van der Waals surface area contributed by atoms with Crippen LogP contribution in [0.5, 0.6) is 5.75 Å². The van der Waals surface area contributed by atoms with Crippen LogP contribution in [-0.4, -0.2) is 22.8 Å². The number of amides is 1. The van der Waals surface area contributed by atoms with E-state index in [0.29, 0.717) is 23.7 Å². The highest BCUT2D eigenvalue weighted by molar-refractivity contribution is 7.06. The van der Waals surface area contributed by atoms with Gasteiger partial charge >= 0.3 is 0 Å². The summed E-state index contributed by atoms with van der Waals surface area (Å²) in [5.41, 5.74) is 5.03. The van der Waals surface area contributed by atoms with Crippen molar-refractivity contribution in [1.82, 2.24) is 9.99 Å². The number of carbonyl (C=O) groups is 1. The number of aromatic nitrogens is 1. The molecule has 2 N–H and O–H groups in total. The second-order valence-electron chi connectivity index (χ2n) is 4.96. The molecule has 7 heteroatoms. The quantitative estimate of drug-likeness (QED) is 0.629. The Morgan fingerprint density at radius 2 is 2.22 bits per heavy atom. The lowest BCUT2D eigenvalue weighted by molar-refractivity contribution is -0.118. The smallest absolute Gasteiger partial charge is 0.236 e. The van der Waals surface area contributed by atoms with Crippen molar-refractivity contribution in [2.45, 2.75) is 27.3 Å². The molecule has 0 saturated heterocycles. The van der Waals surface area contributed by atoms with Gasteiger partial charge in [0.25, 0.3) is 0 Å². The maximum atomic E-state index is 11.0. The second kappa shape index (κ2) is 7.73. The van der Waals surface area contributed by atoms with E-state index in [9.17, 15) is 4.79 Å². The van der Waals surface area contributed by atoms with Gasteiger partial charge in [-0.3, -0.25) is 10.2 Å². The summed E-state index contributed by atoms with van der Waals surface area (Å²) in [4.78, 5) is 11.5. The van der Waals surface area contributed by atoms with Crippen LogP contribution in [0, 0.1) is 5.41 Å². The molecule has 0 saturated carbocycles. The van der Waals surface area contributed by atoms with Crippen molar-refractivity contribution in [2.75, 3.05) is 6.61 Å². The van der Waals surface area contributed by atoms with E-state index in [1.165, 1.54) is 18.3 Å². The standard InChI is InChI=1S/C16H20N4O2S/c1-4-22-15-6-5-13(11(2)18-19-12(3)21)9-14(15)10-20-7-8-23-16(20)17/h5-9,17H,4,10H2,1-3H3,(H,19,21)/b17-16?,18-11-. The predicted molar refractivity (Wildman–Crippen MR) is 90.9 cm³/mol. The highest BCUT2D eigenvalue weighted by Crippen LogP contribution is 2.22. The van der Waals surface area contributed by atoms with Crippen LogP contribution < -0.4 is 15.0 Å². The normalized spacial score (nSPS) is 11.3. The molecule has 1 aromatic carbocycles. The second-order valence-corrected chi connectivity index (χ2v) is 5.85. The third-order valence-corrected chi connectivity index (χ3v) is 3.90. The molecule has 0 aliphatic rings. The Morgan fingerprint density at radius 3 is 2.83 bits per heavy atom. The number of carbonyl (C=O) groups excluding carboxylic acids is 1. The van der Waals surface area contributed by atoms with Gasteiger partial charge in [-0.05, 0) is 37.6 Å². The SMILES string of the molecule is CCOc1ccc(/C(C)=N\NC(C)=O)cc1Cn1ccsc1=N. The van der Waals surface area contributed by atoms with Gasteiger partial charge in [-0.15, -0.1) is 11.3 Å². The summed E-state index contributed by atoms with van der Waals surface area (Å²) in [7, 11) is 0. The zero-order valence-electron chi connectivity index (χ0n) is 13.4. The number of nitrogens with zero attached hydrogens (tertiary/aromatic N) is 2. The molecule has 1 amide bonds. The van der Waals surface area contributed by atoms with Crippen molar-refractivity contribution in [3.05, 3.63) is 45.7 Å². The predicted octanol–water partition coefficient (Wildman–Crippen LogP) is 2.34. The molecular weight excluding hydrogens is 312 g/mol. The lowest BCUT2D eigenvalue weighted by atomic mass is 10.1. The van der Waals surface area contributed by atoms with Gasteiger partial charge in [-0.25, -0.2) is 5.43 Å². The number of hydrogen-bond acceptors (Lipinski definition) is 5. The maximum Gasteiger partial charge on any atom is 0.236 e. The highest BCUT2D eigenvalue weighted by atomic mass is 32.1. The highest BCUT2D eigenvalue weighted by Gasteiger charge is 2.09. The van der Waals surface area contributed by atoms with Gasteiger partial charge < -0.3 is 9.30 Å². The third-order valence-electron chi connectivity index (χ3n) is 3.18. The van der Waals surface area contributed by atoms with Crippen LogP contribution in [0.2, 0.25) is 0 Å². The summed E-state index contributed by atoms with van der Waals surface area (Å²) in [6.07, 6.45) is 1.88. The van der Waals surface area contributed by atoms with E-state index < -0.39 is 0 Å². The van der Waals surface area contributed by atoms with Gasteiger partial charge in [0.1, 0.15) is 5.75 Å². The number of ether oxygens (including phenoxy) is 1. The van der Waals surface area contributed by atoms with Crippen LogP contribution in [0.3, 0.4) is 0 Å². The molecule has 0 unspecified atom stereocenters. The third kappa shape index (κ3) is 4.53. The van der Waals surface area contributed by atoms with Gasteiger partial charge in [0.2, 0.25) is 5.91 Å². The molecule has 0 spiro atoms. The van der Waals surface area contributed by atoms with Crippen molar-refractivity contribution in [2.24, 2.45) is 5.10 Å². The van der Waals surface area contributed by atoms with Crippen molar-refractivity contribution in [3.63, 3.8) is 0 Å². The average Bonchev–Trinajstić information content (AvgIpc) is 2.92. The van der Waals surface area contributed by atoms with E-state index in [2.05, 4.69) is 10.5 Å². The van der Waals surface area contributed by atoms with Gasteiger partial charge in [-0.2, -0.15) is 5.10 Å². The first-order valence-corrected chi connectivity index (χ1v) is 8.14. The van der Waals surface area contributed by atoms with Gasteiger partial charge in [0.15, 0.2) is 4.80 Å². The zero-order chi connectivity index (χ0) is 16.8. The van der Waals surface area contributed by atoms with Crippen LogP contribution in [0.1, 0.15) is 31.9 Å². The average molecular weight is 332 g/mol. The molecule has 0 radical (unpaired) electrons. The molecule has 0 aliphatic carbocycles. The minimum Gasteiger partial charge on any atom is -0.494 e. The lowest BCUT2D eigenvalue weighted by Crippen LogP contribution is -2.16.